The summed E-state index contributed by atoms with van der Waals surface area (Å²) in [4.78, 5) is 12.4. The van der Waals surface area contributed by atoms with E-state index in [0.717, 1.165) is 32.1 Å². The molecule has 1 fully saturated rings. The molecule has 2 rings (SSSR count). The Morgan fingerprint density at radius 2 is 2.00 bits per heavy atom. The van der Waals surface area contributed by atoms with Gasteiger partial charge in [-0.25, -0.2) is 8.78 Å². The highest BCUT2D eigenvalue weighted by Gasteiger charge is 2.45. The second kappa shape index (κ2) is 14.9. The normalized spacial score (nSPS) is 28.9. The van der Waals surface area contributed by atoms with Crippen molar-refractivity contribution in [1.82, 2.24) is 0 Å². The van der Waals surface area contributed by atoms with Crippen molar-refractivity contribution in [2.45, 2.75) is 122 Å². The van der Waals surface area contributed by atoms with Crippen LogP contribution in [0.5, 0.6) is 0 Å². The predicted molar refractivity (Wildman–Crippen MR) is 129 cm³/mol. The molecule has 0 amide bonds. The van der Waals surface area contributed by atoms with Crippen LogP contribution in [0.3, 0.4) is 0 Å². The second-order valence-electron chi connectivity index (χ2n) is 9.50. The lowest BCUT2D eigenvalue weighted by atomic mass is 9.89. The standard InChI is InChI=1S/C27H44F2O5/c1-4-7-15-26(32-6-3)34-23-19-22-20(13-11-9-10-12-14-25(31)33-22)21(23)16-17-24(30)27(28,29)18-8-5-2/h9,11,16-17,20-24,26,30H,4-8,10,12-15,18-19H2,1-3H3/b11-9-,17-16+/t20?,21-,22?,23-,24-,26?/m1/s1. The minimum absolute atomic E-state index is 0.107. The molecule has 0 aromatic carbocycles. The van der Waals surface area contributed by atoms with Crippen molar-refractivity contribution < 1.29 is 32.9 Å². The van der Waals surface area contributed by atoms with Gasteiger partial charge in [0.15, 0.2) is 6.29 Å². The first-order chi connectivity index (χ1) is 16.3. The maximum absolute atomic E-state index is 14.4. The van der Waals surface area contributed by atoms with Gasteiger partial charge in [0.25, 0.3) is 5.92 Å². The highest BCUT2D eigenvalue weighted by molar-refractivity contribution is 5.69. The maximum Gasteiger partial charge on any atom is 0.306 e. The molecule has 2 aliphatic rings. The molecule has 1 N–H and O–H groups in total. The molecule has 0 radical (unpaired) electrons. The molecule has 1 saturated carbocycles. The van der Waals surface area contributed by atoms with E-state index in [9.17, 15) is 18.7 Å². The molecule has 0 bridgehead atoms. The molecule has 0 aromatic heterocycles. The fourth-order valence-corrected chi connectivity index (χ4v) is 4.78. The molecule has 196 valence electrons. The van der Waals surface area contributed by atoms with Crippen molar-refractivity contribution in [2.75, 3.05) is 6.61 Å². The first-order valence-electron chi connectivity index (χ1n) is 13.2. The molecule has 1 aliphatic heterocycles. The summed E-state index contributed by atoms with van der Waals surface area (Å²) in [6.07, 6.45) is 10.5. The summed E-state index contributed by atoms with van der Waals surface area (Å²) in [5.74, 6) is -3.79. The topological polar surface area (TPSA) is 65.0 Å². The van der Waals surface area contributed by atoms with E-state index in [2.05, 4.69) is 19.1 Å². The minimum atomic E-state index is -3.18. The van der Waals surface area contributed by atoms with Gasteiger partial charge in [0, 0.05) is 37.7 Å². The number of allylic oxidation sites excluding steroid dienone is 2. The average molecular weight is 487 g/mol. The third kappa shape index (κ3) is 9.04. The minimum Gasteiger partial charge on any atom is -0.462 e. The van der Waals surface area contributed by atoms with Gasteiger partial charge in [0.1, 0.15) is 12.2 Å². The number of alkyl halides is 2. The van der Waals surface area contributed by atoms with Crippen molar-refractivity contribution in [1.29, 1.82) is 0 Å². The monoisotopic (exact) mass is 486 g/mol. The van der Waals surface area contributed by atoms with Gasteiger partial charge in [-0.3, -0.25) is 4.79 Å². The summed E-state index contributed by atoms with van der Waals surface area (Å²) in [6, 6.07) is 0. The molecular formula is C27H44F2O5. The fourth-order valence-electron chi connectivity index (χ4n) is 4.78. The first kappa shape index (κ1) is 28.9. The van der Waals surface area contributed by atoms with Crippen LogP contribution in [-0.2, 0) is 19.0 Å². The third-order valence-corrected chi connectivity index (χ3v) is 6.76. The molecule has 6 atom stereocenters. The summed E-state index contributed by atoms with van der Waals surface area (Å²) >= 11 is 0. The number of unbranched alkanes of at least 4 members (excludes halogenated alkanes) is 2. The Morgan fingerprint density at radius 1 is 1.24 bits per heavy atom. The van der Waals surface area contributed by atoms with E-state index in [1.807, 2.05) is 13.8 Å². The average Bonchev–Trinajstić information content (AvgIpc) is 3.12. The zero-order chi connectivity index (χ0) is 25.0. The number of esters is 1. The van der Waals surface area contributed by atoms with Crippen molar-refractivity contribution >= 4 is 5.97 Å². The number of fused-ring (bicyclic) bond motifs is 1. The van der Waals surface area contributed by atoms with E-state index in [0.29, 0.717) is 38.7 Å². The quantitative estimate of drug-likeness (QED) is 0.187. The SMILES string of the molecule is CCCCC(OCC)O[C@@H]1CC2OC(=O)CCC/C=C\CC2[C@H]1/C=C/[C@@H](O)C(F)(F)CCCC. The number of carbonyl (C=O) groups excluding carboxylic acids is 1. The molecular weight excluding hydrogens is 442 g/mol. The van der Waals surface area contributed by atoms with Crippen molar-refractivity contribution in [3.8, 4) is 0 Å². The lowest BCUT2D eigenvalue weighted by Gasteiger charge is -2.27. The molecule has 3 unspecified atom stereocenters. The maximum atomic E-state index is 14.4. The Morgan fingerprint density at radius 3 is 2.71 bits per heavy atom. The van der Waals surface area contributed by atoms with Crippen molar-refractivity contribution in [2.24, 2.45) is 11.8 Å². The van der Waals surface area contributed by atoms with E-state index >= 15 is 0 Å². The number of hydrogen-bond acceptors (Lipinski definition) is 5. The highest BCUT2D eigenvalue weighted by atomic mass is 19.3. The summed E-state index contributed by atoms with van der Waals surface area (Å²) < 4.78 is 46.8. The van der Waals surface area contributed by atoms with Gasteiger partial charge in [0.2, 0.25) is 0 Å². The number of aliphatic hydroxyl groups is 1. The van der Waals surface area contributed by atoms with E-state index in [1.165, 1.54) is 6.08 Å². The molecule has 34 heavy (non-hydrogen) atoms. The molecule has 0 spiro atoms. The van der Waals surface area contributed by atoms with Gasteiger partial charge >= 0.3 is 5.97 Å². The van der Waals surface area contributed by atoms with Gasteiger partial charge in [-0.15, -0.1) is 0 Å². The Hall–Kier alpha value is -1.31. The molecule has 1 aliphatic carbocycles. The molecule has 1 heterocycles. The number of hydrogen-bond donors (Lipinski definition) is 1. The lowest BCUT2D eigenvalue weighted by Crippen LogP contribution is -2.33. The van der Waals surface area contributed by atoms with Crippen LogP contribution in [0, 0.1) is 11.8 Å². The van der Waals surface area contributed by atoms with Crippen molar-refractivity contribution in [3.05, 3.63) is 24.3 Å². The summed E-state index contributed by atoms with van der Waals surface area (Å²) in [6.45, 7) is 6.37. The second-order valence-corrected chi connectivity index (χ2v) is 9.50. The van der Waals surface area contributed by atoms with Gasteiger partial charge in [-0.05, 0) is 45.4 Å². The van der Waals surface area contributed by atoms with Crippen LogP contribution in [-0.4, -0.2) is 48.2 Å². The van der Waals surface area contributed by atoms with Gasteiger partial charge in [0.05, 0.1) is 6.10 Å². The largest absolute Gasteiger partial charge is 0.462 e. The van der Waals surface area contributed by atoms with Crippen molar-refractivity contribution in [3.63, 3.8) is 0 Å². The highest BCUT2D eigenvalue weighted by Crippen LogP contribution is 2.41. The number of rotatable bonds is 13. The Bertz CT molecular complexity index is 651. The lowest BCUT2D eigenvalue weighted by molar-refractivity contribution is -0.178. The molecule has 0 aromatic rings. The van der Waals surface area contributed by atoms with Crippen LogP contribution in [0.4, 0.5) is 8.78 Å². The number of aliphatic hydroxyl groups excluding tert-OH is 1. The summed E-state index contributed by atoms with van der Waals surface area (Å²) in [7, 11) is 0. The van der Waals surface area contributed by atoms with Gasteiger partial charge in [-0.1, -0.05) is 51.0 Å². The Labute approximate surface area is 203 Å². The number of carbonyl (C=O) groups is 1. The van der Waals surface area contributed by atoms with Crippen LogP contribution in [0.15, 0.2) is 24.3 Å². The summed E-state index contributed by atoms with van der Waals surface area (Å²) in [5, 5.41) is 10.3. The predicted octanol–water partition coefficient (Wildman–Crippen LogP) is 6.35. The summed E-state index contributed by atoms with van der Waals surface area (Å²) in [5.41, 5.74) is 0. The Kier molecular flexibility index (Phi) is 12.7. The van der Waals surface area contributed by atoms with E-state index in [-0.39, 0.29) is 36.4 Å². The molecule has 7 heteroatoms. The van der Waals surface area contributed by atoms with Crippen LogP contribution >= 0.6 is 0 Å². The zero-order valence-electron chi connectivity index (χ0n) is 21.1. The third-order valence-electron chi connectivity index (χ3n) is 6.76. The van der Waals surface area contributed by atoms with E-state index in [4.69, 9.17) is 14.2 Å². The molecule has 5 nitrogen and oxygen atoms in total. The first-order valence-corrected chi connectivity index (χ1v) is 13.2. The smallest absolute Gasteiger partial charge is 0.306 e. The van der Waals surface area contributed by atoms with Gasteiger partial charge in [-0.2, -0.15) is 0 Å². The molecule has 0 saturated heterocycles. The van der Waals surface area contributed by atoms with Crippen LogP contribution < -0.4 is 0 Å². The van der Waals surface area contributed by atoms with E-state index < -0.39 is 18.3 Å². The Balaban J connectivity index is 2.26. The van der Waals surface area contributed by atoms with Crippen LogP contribution in [0.25, 0.3) is 0 Å². The van der Waals surface area contributed by atoms with Crippen LogP contribution in [0.1, 0.15) is 91.4 Å². The number of ether oxygens (including phenoxy) is 3. The van der Waals surface area contributed by atoms with Crippen LogP contribution in [0.2, 0.25) is 0 Å². The van der Waals surface area contributed by atoms with E-state index in [1.54, 1.807) is 6.08 Å². The zero-order valence-corrected chi connectivity index (χ0v) is 21.1. The fraction of sp³-hybridized carbons (Fsp3) is 0.815. The van der Waals surface area contributed by atoms with Gasteiger partial charge < -0.3 is 19.3 Å². The number of halogens is 2.